The number of anilines is 2. The minimum absolute atomic E-state index is 0.187. The number of nitrogens with one attached hydrogen (secondary N) is 2. The van der Waals surface area contributed by atoms with Crippen molar-refractivity contribution in [3.05, 3.63) is 59.7 Å². The van der Waals surface area contributed by atoms with Crippen LogP contribution in [-0.4, -0.2) is 34.6 Å². The largest absolute Gasteiger partial charge is 0.433 e. The molecule has 2 N–H and O–H groups in total. The second-order valence-electron chi connectivity index (χ2n) is 6.95. The Bertz CT molecular complexity index is 1000. The van der Waals surface area contributed by atoms with Crippen LogP contribution in [0.2, 0.25) is 0 Å². The van der Waals surface area contributed by atoms with Crippen LogP contribution >= 0.6 is 0 Å². The average molecular weight is 393 g/mol. The standard InChI is InChI=1S/C21H19N3O5/c1-12(25)22-13-6-8-14(9-7-13)23-19(27)17-10-11-18(26)24(17)20-15-4-2-3-5-16(15)21(28)29-20/h2-9,17,20H,10-11H2,1H3,(H,22,25)(H,23,27)/t17-,20+/m1/s1. The Balaban J connectivity index is 1.52. The molecule has 1 fully saturated rings. The number of cyclic esters (lactones) is 1. The van der Waals surface area contributed by atoms with E-state index in [4.69, 9.17) is 4.74 Å². The maximum Gasteiger partial charge on any atom is 0.340 e. The van der Waals surface area contributed by atoms with Gasteiger partial charge in [-0.15, -0.1) is 0 Å². The molecule has 0 unspecified atom stereocenters. The van der Waals surface area contributed by atoms with Crippen LogP contribution in [0.3, 0.4) is 0 Å². The van der Waals surface area contributed by atoms with Gasteiger partial charge in [0.1, 0.15) is 6.04 Å². The zero-order valence-corrected chi connectivity index (χ0v) is 15.7. The van der Waals surface area contributed by atoms with E-state index in [0.717, 1.165) is 0 Å². The molecule has 4 rings (SSSR count). The van der Waals surface area contributed by atoms with Gasteiger partial charge in [0.2, 0.25) is 23.9 Å². The Kier molecular flexibility index (Phi) is 4.75. The minimum atomic E-state index is -0.897. The van der Waals surface area contributed by atoms with Gasteiger partial charge in [0, 0.05) is 30.3 Å². The molecule has 29 heavy (non-hydrogen) atoms. The van der Waals surface area contributed by atoms with Gasteiger partial charge in [-0.1, -0.05) is 18.2 Å². The number of carbonyl (C=O) groups is 4. The molecular formula is C21H19N3O5. The maximum absolute atomic E-state index is 12.9. The summed E-state index contributed by atoms with van der Waals surface area (Å²) in [5, 5.41) is 5.44. The van der Waals surface area contributed by atoms with Crippen molar-refractivity contribution in [3.63, 3.8) is 0 Å². The molecule has 0 saturated carbocycles. The first-order chi connectivity index (χ1) is 13.9. The number of likely N-dealkylation sites (tertiary alicyclic amines) is 1. The quantitative estimate of drug-likeness (QED) is 0.777. The molecule has 2 aromatic rings. The Morgan fingerprint density at radius 2 is 1.66 bits per heavy atom. The summed E-state index contributed by atoms with van der Waals surface area (Å²) in [7, 11) is 0. The molecular weight excluding hydrogens is 374 g/mol. The highest BCUT2D eigenvalue weighted by atomic mass is 16.6. The van der Waals surface area contributed by atoms with E-state index in [0.29, 0.717) is 28.9 Å². The van der Waals surface area contributed by atoms with Crippen LogP contribution in [0.4, 0.5) is 11.4 Å². The summed E-state index contributed by atoms with van der Waals surface area (Å²) in [5.74, 6) is -1.28. The lowest BCUT2D eigenvalue weighted by atomic mass is 10.1. The summed E-state index contributed by atoms with van der Waals surface area (Å²) in [6.07, 6.45) is -0.354. The lowest BCUT2D eigenvalue weighted by Gasteiger charge is -2.29. The number of esters is 1. The number of amides is 3. The van der Waals surface area contributed by atoms with Gasteiger partial charge in [-0.05, 0) is 36.8 Å². The van der Waals surface area contributed by atoms with Crippen molar-refractivity contribution >= 4 is 35.1 Å². The summed E-state index contributed by atoms with van der Waals surface area (Å²) in [4.78, 5) is 50.0. The predicted octanol–water partition coefficient (Wildman–Crippen LogP) is 2.44. The summed E-state index contributed by atoms with van der Waals surface area (Å²) in [6.45, 7) is 1.41. The fourth-order valence-electron chi connectivity index (χ4n) is 3.65. The van der Waals surface area contributed by atoms with E-state index in [1.807, 2.05) is 0 Å². The van der Waals surface area contributed by atoms with Crippen molar-refractivity contribution in [1.29, 1.82) is 0 Å². The van der Waals surface area contributed by atoms with Crippen molar-refractivity contribution in [1.82, 2.24) is 4.90 Å². The number of benzene rings is 2. The third kappa shape index (κ3) is 3.56. The molecule has 8 nitrogen and oxygen atoms in total. The van der Waals surface area contributed by atoms with Crippen LogP contribution in [-0.2, 0) is 19.1 Å². The molecule has 0 radical (unpaired) electrons. The van der Waals surface area contributed by atoms with E-state index in [1.54, 1.807) is 48.5 Å². The van der Waals surface area contributed by atoms with Gasteiger partial charge in [0.05, 0.1) is 5.56 Å². The van der Waals surface area contributed by atoms with Crippen molar-refractivity contribution in [3.8, 4) is 0 Å². The van der Waals surface area contributed by atoms with Crippen molar-refractivity contribution in [2.24, 2.45) is 0 Å². The van der Waals surface area contributed by atoms with E-state index in [2.05, 4.69) is 10.6 Å². The third-order valence-electron chi connectivity index (χ3n) is 4.95. The predicted molar refractivity (Wildman–Crippen MR) is 104 cm³/mol. The number of carbonyl (C=O) groups excluding carboxylic acids is 4. The van der Waals surface area contributed by atoms with Crippen LogP contribution in [0, 0.1) is 0 Å². The fraction of sp³-hybridized carbons (Fsp3) is 0.238. The number of hydrogen-bond acceptors (Lipinski definition) is 5. The molecule has 2 aliphatic heterocycles. The van der Waals surface area contributed by atoms with Crippen LogP contribution in [0.5, 0.6) is 0 Å². The molecule has 2 heterocycles. The zero-order valence-electron chi connectivity index (χ0n) is 15.7. The molecule has 0 aromatic heterocycles. The topological polar surface area (TPSA) is 105 Å². The van der Waals surface area contributed by atoms with Gasteiger partial charge in [-0.25, -0.2) is 4.79 Å². The van der Waals surface area contributed by atoms with Gasteiger partial charge in [-0.3, -0.25) is 19.3 Å². The lowest BCUT2D eigenvalue weighted by Crippen LogP contribution is -2.43. The summed E-state index contributed by atoms with van der Waals surface area (Å²) >= 11 is 0. The van der Waals surface area contributed by atoms with E-state index in [1.165, 1.54) is 11.8 Å². The molecule has 0 spiro atoms. The van der Waals surface area contributed by atoms with E-state index < -0.39 is 18.2 Å². The summed E-state index contributed by atoms with van der Waals surface area (Å²) in [5.41, 5.74) is 2.14. The molecule has 0 aliphatic carbocycles. The first kappa shape index (κ1) is 18.7. The summed E-state index contributed by atoms with van der Waals surface area (Å²) in [6, 6.07) is 12.8. The highest BCUT2D eigenvalue weighted by Crippen LogP contribution is 2.38. The highest BCUT2D eigenvalue weighted by molar-refractivity contribution is 6.00. The van der Waals surface area contributed by atoms with Crippen LogP contribution < -0.4 is 10.6 Å². The summed E-state index contributed by atoms with van der Waals surface area (Å²) < 4.78 is 5.42. The Labute approximate surface area is 166 Å². The zero-order chi connectivity index (χ0) is 20.5. The molecule has 3 amide bonds. The van der Waals surface area contributed by atoms with Crippen LogP contribution in [0.15, 0.2) is 48.5 Å². The number of hydrogen-bond donors (Lipinski definition) is 2. The van der Waals surface area contributed by atoms with E-state index >= 15 is 0 Å². The minimum Gasteiger partial charge on any atom is -0.433 e. The van der Waals surface area contributed by atoms with Crippen LogP contribution in [0.25, 0.3) is 0 Å². The fourth-order valence-corrected chi connectivity index (χ4v) is 3.65. The average Bonchev–Trinajstić information content (AvgIpc) is 3.23. The smallest absolute Gasteiger partial charge is 0.340 e. The maximum atomic E-state index is 12.9. The van der Waals surface area contributed by atoms with Crippen molar-refractivity contribution in [2.75, 3.05) is 10.6 Å². The first-order valence-corrected chi connectivity index (χ1v) is 9.23. The molecule has 0 bridgehead atoms. The second kappa shape index (κ2) is 7.38. The van der Waals surface area contributed by atoms with Gasteiger partial charge < -0.3 is 15.4 Å². The van der Waals surface area contributed by atoms with E-state index in [-0.39, 0.29) is 24.1 Å². The molecule has 2 aliphatic rings. The first-order valence-electron chi connectivity index (χ1n) is 9.23. The molecule has 8 heteroatoms. The molecule has 2 aromatic carbocycles. The Hall–Kier alpha value is -3.68. The Morgan fingerprint density at radius 3 is 2.34 bits per heavy atom. The van der Waals surface area contributed by atoms with Gasteiger partial charge in [0.25, 0.3) is 0 Å². The highest BCUT2D eigenvalue weighted by Gasteiger charge is 2.46. The van der Waals surface area contributed by atoms with E-state index in [9.17, 15) is 19.2 Å². The molecule has 1 saturated heterocycles. The normalized spacial score (nSPS) is 20.2. The van der Waals surface area contributed by atoms with Crippen LogP contribution in [0.1, 0.15) is 41.9 Å². The van der Waals surface area contributed by atoms with Gasteiger partial charge >= 0.3 is 5.97 Å². The number of rotatable bonds is 4. The lowest BCUT2D eigenvalue weighted by molar-refractivity contribution is -0.144. The monoisotopic (exact) mass is 393 g/mol. The van der Waals surface area contributed by atoms with Gasteiger partial charge in [-0.2, -0.15) is 0 Å². The Morgan fingerprint density at radius 1 is 1.00 bits per heavy atom. The molecule has 148 valence electrons. The van der Waals surface area contributed by atoms with Crippen molar-refractivity contribution < 1.29 is 23.9 Å². The third-order valence-corrected chi connectivity index (χ3v) is 4.95. The number of ether oxygens (including phenoxy) is 1. The number of fused-ring (bicyclic) bond motifs is 1. The van der Waals surface area contributed by atoms with Gasteiger partial charge in [0.15, 0.2) is 0 Å². The number of nitrogens with zero attached hydrogens (tertiary/aromatic N) is 1. The molecule has 2 atom stereocenters. The second-order valence-corrected chi connectivity index (χ2v) is 6.95. The van der Waals surface area contributed by atoms with Crippen molar-refractivity contribution in [2.45, 2.75) is 32.0 Å². The SMILES string of the molecule is CC(=O)Nc1ccc(NC(=O)[C@H]2CCC(=O)N2[C@H]2OC(=O)c3ccccc32)cc1.